The fraction of sp³-hybridized carbons (Fsp3) is 0.364. The van der Waals surface area contributed by atoms with E-state index >= 15 is 0 Å². The number of aromatic amines is 1. The predicted octanol–water partition coefficient (Wildman–Crippen LogP) is 1.93. The zero-order chi connectivity index (χ0) is 12.5. The lowest BCUT2D eigenvalue weighted by Gasteiger charge is -2.03. The van der Waals surface area contributed by atoms with Gasteiger partial charge in [0.25, 0.3) is 5.69 Å². The molecule has 1 atom stereocenters. The van der Waals surface area contributed by atoms with E-state index < -0.39 is 4.92 Å². The van der Waals surface area contributed by atoms with Crippen molar-refractivity contribution >= 4 is 28.5 Å². The number of nitro groups is 1. The van der Waals surface area contributed by atoms with Crippen LogP contribution in [0.15, 0.2) is 23.4 Å². The van der Waals surface area contributed by atoms with Crippen LogP contribution >= 0.6 is 11.8 Å². The van der Waals surface area contributed by atoms with Gasteiger partial charge in [0.05, 0.1) is 16.0 Å². The third-order valence-corrected chi connectivity index (χ3v) is 4.10. The van der Waals surface area contributed by atoms with E-state index in [1.54, 1.807) is 17.8 Å². The quantitative estimate of drug-likeness (QED) is 0.653. The van der Waals surface area contributed by atoms with Gasteiger partial charge in [0, 0.05) is 23.9 Å². The maximum absolute atomic E-state index is 10.7. The highest BCUT2D eigenvalue weighted by Gasteiger charge is 2.18. The van der Waals surface area contributed by atoms with Gasteiger partial charge in [0.1, 0.15) is 0 Å². The highest BCUT2D eigenvalue weighted by atomic mass is 32.2. The normalized spacial score (nSPS) is 19.4. The van der Waals surface area contributed by atoms with Crippen molar-refractivity contribution in [2.75, 3.05) is 13.1 Å². The summed E-state index contributed by atoms with van der Waals surface area (Å²) in [6, 6.07) is 4.69. The number of nitrogens with zero attached hydrogens (tertiary/aromatic N) is 2. The van der Waals surface area contributed by atoms with Gasteiger partial charge in [0.2, 0.25) is 0 Å². The van der Waals surface area contributed by atoms with Crippen LogP contribution in [0.25, 0.3) is 11.0 Å². The molecule has 0 radical (unpaired) electrons. The number of nitro benzene ring substituents is 1. The molecule has 0 unspecified atom stereocenters. The Morgan fingerprint density at radius 2 is 2.39 bits per heavy atom. The van der Waals surface area contributed by atoms with Gasteiger partial charge in [-0.15, -0.1) is 0 Å². The number of hydrogen-bond acceptors (Lipinski definition) is 5. The molecule has 1 aliphatic rings. The number of benzene rings is 1. The molecule has 0 saturated carbocycles. The molecule has 0 bridgehead atoms. The summed E-state index contributed by atoms with van der Waals surface area (Å²) < 4.78 is 0. The van der Waals surface area contributed by atoms with Crippen LogP contribution in [0.4, 0.5) is 5.69 Å². The number of imidazole rings is 1. The minimum absolute atomic E-state index is 0.0882. The van der Waals surface area contributed by atoms with Crippen molar-refractivity contribution in [3.8, 4) is 0 Å². The third-order valence-electron chi connectivity index (χ3n) is 2.95. The molecule has 2 aromatic rings. The number of hydrogen-bond donors (Lipinski definition) is 2. The summed E-state index contributed by atoms with van der Waals surface area (Å²) in [4.78, 5) is 17.9. The highest BCUT2D eigenvalue weighted by molar-refractivity contribution is 7.99. The van der Waals surface area contributed by atoms with Crippen LogP contribution in [-0.2, 0) is 0 Å². The second-order valence-corrected chi connectivity index (χ2v) is 5.52. The molecular formula is C11H12N4O2S. The Balaban J connectivity index is 1.87. The van der Waals surface area contributed by atoms with Gasteiger partial charge in [-0.05, 0) is 19.0 Å². The largest absolute Gasteiger partial charge is 0.333 e. The smallest absolute Gasteiger partial charge is 0.271 e. The van der Waals surface area contributed by atoms with E-state index in [9.17, 15) is 10.1 Å². The standard InChI is InChI=1S/C11H12N4O2S/c16-15(17)7-1-2-9-10(5-7)14-11(13-9)18-8-3-4-12-6-8/h1-2,5,8,12H,3-4,6H2,(H,13,14)/t8-/m1/s1. The molecule has 0 amide bonds. The van der Waals surface area contributed by atoms with E-state index in [1.807, 2.05) is 0 Å². The Bertz CT molecular complexity index is 592. The number of H-pyrrole nitrogens is 1. The first-order chi connectivity index (χ1) is 8.72. The molecule has 1 saturated heterocycles. The molecule has 1 aromatic carbocycles. The van der Waals surface area contributed by atoms with Crippen molar-refractivity contribution in [1.29, 1.82) is 0 Å². The lowest BCUT2D eigenvalue weighted by Crippen LogP contribution is -2.10. The van der Waals surface area contributed by atoms with Crippen LogP contribution in [0.5, 0.6) is 0 Å². The maximum Gasteiger partial charge on any atom is 0.271 e. The Kier molecular flexibility index (Phi) is 2.92. The Morgan fingerprint density at radius 1 is 1.50 bits per heavy atom. The zero-order valence-corrected chi connectivity index (χ0v) is 10.4. The monoisotopic (exact) mass is 264 g/mol. The molecule has 2 N–H and O–H groups in total. The molecule has 1 fully saturated rings. The lowest BCUT2D eigenvalue weighted by molar-refractivity contribution is -0.384. The second kappa shape index (κ2) is 4.58. The van der Waals surface area contributed by atoms with Gasteiger partial charge in [-0.25, -0.2) is 4.98 Å². The fourth-order valence-electron chi connectivity index (χ4n) is 2.03. The first-order valence-electron chi connectivity index (χ1n) is 5.74. The Morgan fingerprint density at radius 3 is 3.11 bits per heavy atom. The number of thioether (sulfide) groups is 1. The summed E-state index contributed by atoms with van der Waals surface area (Å²) in [5.41, 5.74) is 1.58. The maximum atomic E-state index is 10.7. The number of nitrogens with one attached hydrogen (secondary N) is 2. The van der Waals surface area contributed by atoms with Crippen molar-refractivity contribution in [1.82, 2.24) is 15.3 Å². The number of non-ortho nitro benzene ring substituents is 1. The number of fused-ring (bicyclic) bond motifs is 1. The van der Waals surface area contributed by atoms with Crippen LogP contribution in [0.3, 0.4) is 0 Å². The van der Waals surface area contributed by atoms with E-state index in [4.69, 9.17) is 0 Å². The van der Waals surface area contributed by atoms with Gasteiger partial charge >= 0.3 is 0 Å². The van der Waals surface area contributed by atoms with E-state index in [0.717, 1.165) is 35.7 Å². The fourth-order valence-corrected chi connectivity index (χ4v) is 3.10. The minimum Gasteiger partial charge on any atom is -0.333 e. The first-order valence-corrected chi connectivity index (χ1v) is 6.62. The molecular weight excluding hydrogens is 252 g/mol. The Hall–Kier alpha value is -1.60. The summed E-state index contributed by atoms with van der Waals surface area (Å²) in [6.45, 7) is 2.03. The van der Waals surface area contributed by atoms with Crippen molar-refractivity contribution < 1.29 is 4.92 Å². The number of rotatable bonds is 3. The van der Waals surface area contributed by atoms with E-state index in [1.165, 1.54) is 12.1 Å². The SMILES string of the molecule is O=[N+]([O-])c1ccc2nc(S[C@@H]3CCNC3)[nH]c2c1. The molecule has 2 heterocycles. The number of aromatic nitrogens is 2. The molecule has 1 aromatic heterocycles. The third kappa shape index (κ3) is 2.19. The topological polar surface area (TPSA) is 83.8 Å². The molecule has 3 rings (SSSR count). The van der Waals surface area contributed by atoms with Crippen LogP contribution in [-0.4, -0.2) is 33.2 Å². The summed E-state index contributed by atoms with van der Waals surface area (Å²) >= 11 is 1.69. The van der Waals surface area contributed by atoms with Gasteiger partial charge in [-0.3, -0.25) is 10.1 Å². The molecule has 0 aliphatic carbocycles. The van der Waals surface area contributed by atoms with Gasteiger partial charge in [0.15, 0.2) is 5.16 Å². The molecule has 6 nitrogen and oxygen atoms in total. The van der Waals surface area contributed by atoms with Gasteiger partial charge in [-0.2, -0.15) is 0 Å². The highest BCUT2D eigenvalue weighted by Crippen LogP contribution is 2.27. The van der Waals surface area contributed by atoms with E-state index in [-0.39, 0.29) is 5.69 Å². The summed E-state index contributed by atoms with van der Waals surface area (Å²) in [7, 11) is 0. The lowest BCUT2D eigenvalue weighted by atomic mass is 10.3. The van der Waals surface area contributed by atoms with Crippen LogP contribution < -0.4 is 5.32 Å². The van der Waals surface area contributed by atoms with Crippen molar-refractivity contribution in [3.63, 3.8) is 0 Å². The van der Waals surface area contributed by atoms with E-state index in [0.29, 0.717) is 5.25 Å². The second-order valence-electron chi connectivity index (χ2n) is 4.23. The van der Waals surface area contributed by atoms with Crippen LogP contribution in [0.1, 0.15) is 6.42 Å². The average molecular weight is 264 g/mol. The summed E-state index contributed by atoms with van der Waals surface area (Å²) in [6.07, 6.45) is 1.13. The van der Waals surface area contributed by atoms with Crippen molar-refractivity contribution in [2.24, 2.45) is 0 Å². The average Bonchev–Trinajstić information content (AvgIpc) is 2.96. The van der Waals surface area contributed by atoms with Crippen LogP contribution in [0.2, 0.25) is 0 Å². The molecule has 7 heteroatoms. The Labute approximate surface area is 107 Å². The minimum atomic E-state index is -0.395. The van der Waals surface area contributed by atoms with Crippen molar-refractivity contribution in [3.05, 3.63) is 28.3 Å². The van der Waals surface area contributed by atoms with E-state index in [2.05, 4.69) is 15.3 Å². The summed E-state index contributed by atoms with van der Waals surface area (Å²) in [5.74, 6) is 0. The molecule has 94 valence electrons. The van der Waals surface area contributed by atoms with Crippen molar-refractivity contribution in [2.45, 2.75) is 16.8 Å². The van der Waals surface area contributed by atoms with Gasteiger partial charge in [-0.1, -0.05) is 11.8 Å². The zero-order valence-electron chi connectivity index (χ0n) is 9.55. The van der Waals surface area contributed by atoms with Gasteiger partial charge < -0.3 is 10.3 Å². The molecule has 1 aliphatic heterocycles. The molecule has 0 spiro atoms. The van der Waals surface area contributed by atoms with Crippen LogP contribution in [0, 0.1) is 10.1 Å². The predicted molar refractivity (Wildman–Crippen MR) is 69.9 cm³/mol. The summed E-state index contributed by atoms with van der Waals surface area (Å²) in [5, 5.41) is 15.3. The molecule has 18 heavy (non-hydrogen) atoms. The first kappa shape index (κ1) is 11.5.